The Balaban J connectivity index is 1.41. The number of anilines is 2. The van der Waals surface area contributed by atoms with Gasteiger partial charge in [-0.1, -0.05) is 38.1 Å². The molecule has 0 radical (unpaired) electrons. The standard InChI is InChI=1S/C26H30N6/c1-16-7-10-19(11-8-16)32-22-6-4-3-5-20(22)21-15-28-26(31-25(21)32)30-23-12-9-18-14-27-13-17(2)24(18)29-23/h3-6,9,12,15-17,19,27H,7-8,10-11,13-14H2,1-2H3,(H,28,29,30,31)/t16?,17-,19?/m1/s1. The fraction of sp³-hybridized carbons (Fsp3) is 0.423. The van der Waals surface area contributed by atoms with Gasteiger partial charge >= 0.3 is 0 Å². The first-order valence-electron chi connectivity index (χ1n) is 11.9. The molecule has 1 saturated carbocycles. The topological polar surface area (TPSA) is 67.7 Å². The second kappa shape index (κ2) is 7.85. The molecule has 4 aromatic rings. The van der Waals surface area contributed by atoms with Gasteiger partial charge in [-0.15, -0.1) is 0 Å². The van der Waals surface area contributed by atoms with Gasteiger partial charge in [0.05, 0.1) is 11.2 Å². The summed E-state index contributed by atoms with van der Waals surface area (Å²) in [5.74, 6) is 2.64. The molecule has 6 nitrogen and oxygen atoms in total. The van der Waals surface area contributed by atoms with E-state index in [1.54, 1.807) is 0 Å². The Morgan fingerprint density at radius 1 is 0.969 bits per heavy atom. The van der Waals surface area contributed by atoms with E-state index in [-0.39, 0.29) is 0 Å². The third kappa shape index (κ3) is 3.34. The monoisotopic (exact) mass is 426 g/mol. The molecular formula is C26H30N6. The second-order valence-corrected chi connectivity index (χ2v) is 9.63. The number of pyridine rings is 1. The van der Waals surface area contributed by atoms with Crippen molar-refractivity contribution < 1.29 is 0 Å². The molecule has 0 spiro atoms. The third-order valence-electron chi connectivity index (χ3n) is 7.29. The van der Waals surface area contributed by atoms with E-state index in [2.05, 4.69) is 64.4 Å². The van der Waals surface area contributed by atoms with Crippen LogP contribution in [0.1, 0.15) is 62.7 Å². The zero-order chi connectivity index (χ0) is 21.7. The van der Waals surface area contributed by atoms with Gasteiger partial charge < -0.3 is 15.2 Å². The lowest BCUT2D eigenvalue weighted by atomic mass is 9.87. The van der Waals surface area contributed by atoms with Crippen molar-refractivity contribution in [2.75, 3.05) is 11.9 Å². The molecule has 4 heterocycles. The van der Waals surface area contributed by atoms with Crippen molar-refractivity contribution >= 4 is 33.7 Å². The number of hydrogen-bond donors (Lipinski definition) is 2. The van der Waals surface area contributed by atoms with E-state index in [0.717, 1.165) is 35.9 Å². The number of aromatic nitrogens is 4. The summed E-state index contributed by atoms with van der Waals surface area (Å²) in [4.78, 5) is 14.6. The number of para-hydroxylation sites is 1. The van der Waals surface area contributed by atoms with Crippen LogP contribution in [-0.2, 0) is 6.54 Å². The number of hydrogen-bond acceptors (Lipinski definition) is 5. The maximum Gasteiger partial charge on any atom is 0.230 e. The summed E-state index contributed by atoms with van der Waals surface area (Å²) in [6.45, 7) is 6.43. The molecule has 2 N–H and O–H groups in total. The van der Waals surface area contributed by atoms with Crippen molar-refractivity contribution in [3.8, 4) is 0 Å². The minimum Gasteiger partial charge on any atom is -0.322 e. The lowest BCUT2D eigenvalue weighted by Crippen LogP contribution is -2.27. The maximum absolute atomic E-state index is 5.02. The number of nitrogens with zero attached hydrogens (tertiary/aromatic N) is 4. The Hall–Kier alpha value is -2.99. The molecule has 32 heavy (non-hydrogen) atoms. The Morgan fingerprint density at radius 2 is 1.81 bits per heavy atom. The van der Waals surface area contributed by atoms with Gasteiger partial charge in [-0.25, -0.2) is 9.97 Å². The zero-order valence-corrected chi connectivity index (χ0v) is 18.8. The molecule has 0 bridgehead atoms. The van der Waals surface area contributed by atoms with Crippen molar-refractivity contribution in [2.24, 2.45) is 5.92 Å². The van der Waals surface area contributed by atoms with E-state index in [1.165, 1.54) is 47.8 Å². The van der Waals surface area contributed by atoms with Gasteiger partial charge in [-0.3, -0.25) is 0 Å². The van der Waals surface area contributed by atoms with Crippen LogP contribution in [0, 0.1) is 5.92 Å². The van der Waals surface area contributed by atoms with Crippen LogP contribution in [-0.4, -0.2) is 26.1 Å². The first kappa shape index (κ1) is 19.7. The summed E-state index contributed by atoms with van der Waals surface area (Å²) < 4.78 is 2.47. The molecule has 1 aromatic carbocycles. The summed E-state index contributed by atoms with van der Waals surface area (Å²) >= 11 is 0. The summed E-state index contributed by atoms with van der Waals surface area (Å²) in [7, 11) is 0. The molecule has 3 aromatic heterocycles. The molecule has 2 aliphatic rings. The smallest absolute Gasteiger partial charge is 0.230 e. The first-order valence-corrected chi connectivity index (χ1v) is 11.9. The van der Waals surface area contributed by atoms with Crippen molar-refractivity contribution in [3.05, 3.63) is 53.9 Å². The van der Waals surface area contributed by atoms with Crippen LogP contribution < -0.4 is 10.6 Å². The molecule has 1 fully saturated rings. The highest BCUT2D eigenvalue weighted by Crippen LogP contribution is 2.38. The Bertz CT molecular complexity index is 1280. The second-order valence-electron chi connectivity index (χ2n) is 9.63. The van der Waals surface area contributed by atoms with E-state index in [4.69, 9.17) is 9.97 Å². The van der Waals surface area contributed by atoms with E-state index in [1.807, 2.05) is 12.3 Å². The normalized spacial score (nSPS) is 23.4. The predicted octanol–water partition coefficient (Wildman–Crippen LogP) is 5.68. The van der Waals surface area contributed by atoms with Crippen LogP contribution in [0.4, 0.5) is 11.8 Å². The lowest BCUT2D eigenvalue weighted by molar-refractivity contribution is 0.298. The predicted molar refractivity (Wildman–Crippen MR) is 129 cm³/mol. The van der Waals surface area contributed by atoms with E-state index in [0.29, 0.717) is 17.9 Å². The van der Waals surface area contributed by atoms with Crippen LogP contribution >= 0.6 is 0 Å². The highest BCUT2D eigenvalue weighted by molar-refractivity contribution is 6.06. The maximum atomic E-state index is 5.02. The fourth-order valence-electron chi connectivity index (χ4n) is 5.49. The molecule has 1 aliphatic heterocycles. The van der Waals surface area contributed by atoms with Crippen molar-refractivity contribution in [3.63, 3.8) is 0 Å². The van der Waals surface area contributed by atoms with E-state index in [9.17, 15) is 0 Å². The molecule has 1 aliphatic carbocycles. The summed E-state index contributed by atoms with van der Waals surface area (Å²) in [6, 6.07) is 13.3. The Morgan fingerprint density at radius 3 is 2.69 bits per heavy atom. The van der Waals surface area contributed by atoms with E-state index < -0.39 is 0 Å². The zero-order valence-electron chi connectivity index (χ0n) is 18.8. The van der Waals surface area contributed by atoms with Crippen molar-refractivity contribution in [1.82, 2.24) is 24.8 Å². The van der Waals surface area contributed by atoms with Gasteiger partial charge in [0, 0.05) is 42.0 Å². The summed E-state index contributed by atoms with van der Waals surface area (Å²) in [6.07, 6.45) is 6.95. The number of nitrogens with one attached hydrogen (secondary N) is 2. The molecule has 0 unspecified atom stereocenters. The van der Waals surface area contributed by atoms with Crippen LogP contribution in [0.3, 0.4) is 0 Å². The molecule has 0 saturated heterocycles. The highest BCUT2D eigenvalue weighted by atomic mass is 15.2. The van der Waals surface area contributed by atoms with Crippen molar-refractivity contribution in [1.29, 1.82) is 0 Å². The lowest BCUT2D eigenvalue weighted by Gasteiger charge is -2.28. The average molecular weight is 427 g/mol. The molecule has 0 amide bonds. The fourth-order valence-corrected chi connectivity index (χ4v) is 5.49. The molecular weight excluding hydrogens is 396 g/mol. The van der Waals surface area contributed by atoms with Gasteiger partial charge in [0.25, 0.3) is 0 Å². The van der Waals surface area contributed by atoms with Crippen LogP contribution in [0.15, 0.2) is 42.6 Å². The van der Waals surface area contributed by atoms with Crippen LogP contribution in [0.5, 0.6) is 0 Å². The molecule has 6 heteroatoms. The van der Waals surface area contributed by atoms with E-state index >= 15 is 0 Å². The molecule has 164 valence electrons. The van der Waals surface area contributed by atoms with Gasteiger partial charge in [0.15, 0.2) is 0 Å². The van der Waals surface area contributed by atoms with Crippen LogP contribution in [0.25, 0.3) is 21.9 Å². The molecule has 6 rings (SSSR count). The van der Waals surface area contributed by atoms with Gasteiger partial charge in [0.2, 0.25) is 5.95 Å². The van der Waals surface area contributed by atoms with Gasteiger partial charge in [-0.2, -0.15) is 4.98 Å². The minimum absolute atomic E-state index is 0.403. The highest BCUT2D eigenvalue weighted by Gasteiger charge is 2.24. The SMILES string of the molecule is CC1CCC(n2c3ccccc3c3cnc(Nc4ccc5c(n4)[C@H](C)CNC5)nc32)CC1. The quantitative estimate of drug-likeness (QED) is 0.441. The first-order chi connectivity index (χ1) is 15.7. The van der Waals surface area contributed by atoms with Gasteiger partial charge in [-0.05, 0) is 49.3 Å². The van der Waals surface area contributed by atoms with Crippen LogP contribution in [0.2, 0.25) is 0 Å². The number of rotatable bonds is 3. The Kier molecular flexibility index (Phi) is 4.83. The van der Waals surface area contributed by atoms with Gasteiger partial charge in [0.1, 0.15) is 11.5 Å². The third-order valence-corrected chi connectivity index (χ3v) is 7.29. The summed E-state index contributed by atoms with van der Waals surface area (Å²) in [5, 5.41) is 9.19. The minimum atomic E-state index is 0.403. The average Bonchev–Trinajstić information content (AvgIpc) is 3.14. The van der Waals surface area contributed by atoms with Crippen molar-refractivity contribution in [2.45, 2.75) is 58.0 Å². The summed E-state index contributed by atoms with van der Waals surface area (Å²) in [5.41, 5.74) is 4.73. The molecule has 1 atom stereocenters. The number of fused-ring (bicyclic) bond motifs is 4. The largest absolute Gasteiger partial charge is 0.322 e. The number of benzene rings is 1. The Labute approximate surface area is 188 Å².